The Labute approximate surface area is 206 Å². The predicted molar refractivity (Wildman–Crippen MR) is 136 cm³/mol. The van der Waals surface area contributed by atoms with Gasteiger partial charge in [-0.3, -0.25) is 9.59 Å². The van der Waals surface area contributed by atoms with Crippen molar-refractivity contribution in [1.29, 1.82) is 0 Å². The lowest BCUT2D eigenvalue weighted by Crippen LogP contribution is -2.45. The minimum atomic E-state index is -0.129. The monoisotopic (exact) mass is 476 g/mol. The van der Waals surface area contributed by atoms with Crippen molar-refractivity contribution in [2.24, 2.45) is 0 Å². The summed E-state index contributed by atoms with van der Waals surface area (Å²) in [6.45, 7) is 6.27. The fourth-order valence-corrected chi connectivity index (χ4v) is 5.09. The van der Waals surface area contributed by atoms with Crippen molar-refractivity contribution < 1.29 is 14.3 Å². The van der Waals surface area contributed by atoms with E-state index in [2.05, 4.69) is 18.4 Å². The molecule has 0 spiro atoms. The van der Waals surface area contributed by atoms with Crippen LogP contribution in [0, 0.1) is 13.8 Å². The van der Waals surface area contributed by atoms with Crippen LogP contribution in [0.5, 0.6) is 0 Å². The molecule has 1 aliphatic heterocycles. The maximum atomic E-state index is 13.7. The first kappa shape index (κ1) is 24.2. The number of nitrogens with zero attached hydrogens (tertiary/aromatic N) is 2. The molecule has 1 unspecified atom stereocenters. The molecule has 0 aliphatic carbocycles. The Kier molecular flexibility index (Phi) is 8.14. The highest BCUT2D eigenvalue weighted by Gasteiger charge is 2.27. The molecule has 178 valence electrons. The van der Waals surface area contributed by atoms with Crippen molar-refractivity contribution in [2.45, 2.75) is 45.9 Å². The second-order valence-corrected chi connectivity index (χ2v) is 9.95. The quantitative estimate of drug-likeness (QED) is 0.426. The number of amides is 2. The Morgan fingerprint density at radius 2 is 1.74 bits per heavy atom. The fourth-order valence-electron chi connectivity index (χ4n) is 4.17. The van der Waals surface area contributed by atoms with Gasteiger partial charge in [-0.05, 0) is 61.4 Å². The second kappa shape index (κ2) is 11.4. The van der Waals surface area contributed by atoms with Crippen LogP contribution in [-0.4, -0.2) is 47.4 Å². The number of aryl methyl sites for hydroxylation is 2. The summed E-state index contributed by atoms with van der Waals surface area (Å²) >= 11 is 1.66. The van der Waals surface area contributed by atoms with E-state index in [1.807, 2.05) is 66.4 Å². The van der Waals surface area contributed by atoms with Gasteiger partial charge in [-0.15, -0.1) is 11.3 Å². The molecule has 2 aromatic carbocycles. The van der Waals surface area contributed by atoms with Gasteiger partial charge >= 0.3 is 0 Å². The Morgan fingerprint density at radius 1 is 0.971 bits per heavy atom. The number of carbonyl (C=O) groups is 2. The fraction of sp³-hybridized carbons (Fsp3) is 0.357. The van der Waals surface area contributed by atoms with E-state index in [1.165, 1.54) is 10.4 Å². The molecule has 3 aromatic rings. The largest absolute Gasteiger partial charge is 0.376 e. The Bertz CT molecular complexity index is 1090. The van der Waals surface area contributed by atoms with Gasteiger partial charge in [0.1, 0.15) is 6.54 Å². The lowest BCUT2D eigenvalue weighted by Gasteiger charge is -2.29. The van der Waals surface area contributed by atoms with Gasteiger partial charge in [0.05, 0.1) is 12.6 Å². The number of hydrogen-bond acceptors (Lipinski definition) is 4. The van der Waals surface area contributed by atoms with E-state index < -0.39 is 0 Å². The highest BCUT2D eigenvalue weighted by Crippen LogP contribution is 2.21. The zero-order valence-corrected chi connectivity index (χ0v) is 20.7. The third kappa shape index (κ3) is 6.33. The number of benzene rings is 2. The summed E-state index contributed by atoms with van der Waals surface area (Å²) in [6, 6.07) is 19.6. The van der Waals surface area contributed by atoms with Gasteiger partial charge in [0.15, 0.2) is 0 Å². The van der Waals surface area contributed by atoms with Crippen molar-refractivity contribution in [3.8, 4) is 0 Å². The molecular weight excluding hydrogens is 444 g/mol. The van der Waals surface area contributed by atoms with Gasteiger partial charge in [-0.25, -0.2) is 0 Å². The van der Waals surface area contributed by atoms with Gasteiger partial charge in [-0.1, -0.05) is 48.0 Å². The van der Waals surface area contributed by atoms with E-state index in [4.69, 9.17) is 4.74 Å². The molecule has 1 aromatic heterocycles. The number of carbonyl (C=O) groups excluding carboxylic acids is 2. The molecular formula is C28H32N2O3S. The van der Waals surface area contributed by atoms with Crippen LogP contribution in [0.15, 0.2) is 66.0 Å². The lowest BCUT2D eigenvalue weighted by atomic mass is 10.1. The van der Waals surface area contributed by atoms with E-state index in [1.54, 1.807) is 16.2 Å². The first-order chi connectivity index (χ1) is 16.5. The summed E-state index contributed by atoms with van der Waals surface area (Å²) in [5, 5.41) is 2.06. The molecule has 0 N–H and O–H groups in total. The molecule has 0 radical (unpaired) electrons. The van der Waals surface area contributed by atoms with Crippen molar-refractivity contribution in [1.82, 2.24) is 9.80 Å². The van der Waals surface area contributed by atoms with Crippen LogP contribution in [0.2, 0.25) is 0 Å². The van der Waals surface area contributed by atoms with Crippen molar-refractivity contribution in [2.75, 3.05) is 19.7 Å². The Balaban J connectivity index is 1.55. The minimum absolute atomic E-state index is 0.0238. The molecule has 1 saturated heterocycles. The third-order valence-corrected chi connectivity index (χ3v) is 7.24. The maximum Gasteiger partial charge on any atom is 0.254 e. The van der Waals surface area contributed by atoms with E-state index in [0.717, 1.165) is 24.0 Å². The summed E-state index contributed by atoms with van der Waals surface area (Å²) in [5.41, 5.74) is 3.95. The SMILES string of the molecule is Cc1ccc(C(=O)N(CC(=O)N(Cc2ccccc2)Cc2sccc2C)CC2CCCO2)cc1. The minimum Gasteiger partial charge on any atom is -0.376 e. The van der Waals surface area contributed by atoms with Crippen LogP contribution in [0.25, 0.3) is 0 Å². The number of ether oxygens (including phenoxy) is 1. The van der Waals surface area contributed by atoms with Gasteiger partial charge in [0.25, 0.3) is 5.91 Å². The summed E-state index contributed by atoms with van der Waals surface area (Å²) < 4.78 is 5.81. The highest BCUT2D eigenvalue weighted by molar-refractivity contribution is 7.10. The van der Waals surface area contributed by atoms with Crippen molar-refractivity contribution >= 4 is 23.2 Å². The molecule has 2 heterocycles. The summed E-state index contributed by atoms with van der Waals surface area (Å²) in [6.07, 6.45) is 1.88. The molecule has 1 atom stereocenters. The molecule has 0 bridgehead atoms. The van der Waals surface area contributed by atoms with Crippen molar-refractivity contribution in [3.05, 3.63) is 93.2 Å². The van der Waals surface area contributed by atoms with Gasteiger partial charge in [0, 0.05) is 30.1 Å². The predicted octanol–water partition coefficient (Wildman–Crippen LogP) is 5.22. The maximum absolute atomic E-state index is 13.7. The molecule has 6 heteroatoms. The van der Waals surface area contributed by atoms with Crippen LogP contribution < -0.4 is 0 Å². The first-order valence-corrected chi connectivity index (χ1v) is 12.7. The smallest absolute Gasteiger partial charge is 0.254 e. The molecule has 2 amide bonds. The highest BCUT2D eigenvalue weighted by atomic mass is 32.1. The molecule has 1 aliphatic rings. The van der Waals surface area contributed by atoms with Gasteiger partial charge in [-0.2, -0.15) is 0 Å². The number of hydrogen-bond donors (Lipinski definition) is 0. The van der Waals surface area contributed by atoms with E-state index >= 15 is 0 Å². The van der Waals surface area contributed by atoms with E-state index in [9.17, 15) is 9.59 Å². The second-order valence-electron chi connectivity index (χ2n) is 8.95. The Morgan fingerprint density at radius 3 is 2.38 bits per heavy atom. The average Bonchev–Trinajstić information content (AvgIpc) is 3.50. The molecule has 34 heavy (non-hydrogen) atoms. The zero-order valence-electron chi connectivity index (χ0n) is 19.9. The standard InChI is InChI=1S/C28H32N2O3S/c1-21-10-12-24(13-11-21)28(32)30(18-25-9-6-15-33-25)20-27(31)29(17-23-7-4-3-5-8-23)19-26-22(2)14-16-34-26/h3-5,7-8,10-14,16,25H,6,9,15,17-20H2,1-2H3. The summed E-state index contributed by atoms with van der Waals surface area (Å²) in [7, 11) is 0. The molecule has 5 nitrogen and oxygen atoms in total. The van der Waals surface area contributed by atoms with Crippen LogP contribution in [-0.2, 0) is 22.6 Å². The van der Waals surface area contributed by atoms with Crippen LogP contribution in [0.3, 0.4) is 0 Å². The lowest BCUT2D eigenvalue weighted by molar-refractivity contribution is -0.133. The Hall–Kier alpha value is -2.96. The molecule has 4 rings (SSSR count). The van der Waals surface area contributed by atoms with Crippen molar-refractivity contribution in [3.63, 3.8) is 0 Å². The van der Waals surface area contributed by atoms with Crippen LogP contribution >= 0.6 is 11.3 Å². The van der Waals surface area contributed by atoms with Gasteiger partial charge < -0.3 is 14.5 Å². The molecule has 1 fully saturated rings. The van der Waals surface area contributed by atoms with Crippen LogP contribution in [0.4, 0.5) is 0 Å². The van der Waals surface area contributed by atoms with Crippen LogP contribution in [0.1, 0.15) is 44.8 Å². The summed E-state index contributed by atoms with van der Waals surface area (Å²) in [4.78, 5) is 31.8. The normalized spacial score (nSPS) is 15.3. The summed E-state index contributed by atoms with van der Waals surface area (Å²) in [5.74, 6) is -0.189. The van der Waals surface area contributed by atoms with E-state index in [-0.39, 0.29) is 24.5 Å². The average molecular weight is 477 g/mol. The third-order valence-electron chi connectivity index (χ3n) is 6.23. The van der Waals surface area contributed by atoms with E-state index in [0.29, 0.717) is 31.8 Å². The topological polar surface area (TPSA) is 49.9 Å². The number of rotatable bonds is 9. The first-order valence-electron chi connectivity index (χ1n) is 11.8. The van der Waals surface area contributed by atoms with Gasteiger partial charge in [0.2, 0.25) is 5.91 Å². The zero-order chi connectivity index (χ0) is 23.9. The number of thiophene rings is 1. The molecule has 0 saturated carbocycles.